The smallest absolute Gasteiger partial charge is 0.124 e. The predicted octanol–water partition coefficient (Wildman–Crippen LogP) is 3.01. The van der Waals surface area contributed by atoms with Gasteiger partial charge in [-0.2, -0.15) is 0 Å². The van der Waals surface area contributed by atoms with Crippen LogP contribution >= 0.6 is 0 Å². The first-order valence-corrected chi connectivity index (χ1v) is 4.79. The first kappa shape index (κ1) is 11.1. The van der Waals surface area contributed by atoms with Crippen molar-refractivity contribution in [2.75, 3.05) is 7.11 Å². The minimum absolute atomic E-state index is 0.110. The molecule has 0 unspecified atom stereocenters. The van der Waals surface area contributed by atoms with Crippen molar-refractivity contribution >= 4 is 0 Å². The molecule has 0 saturated heterocycles. The third-order valence-corrected chi connectivity index (χ3v) is 1.85. The Hall–Kier alpha value is -1.02. The van der Waals surface area contributed by atoms with Crippen molar-refractivity contribution in [3.05, 3.63) is 29.8 Å². The fourth-order valence-corrected chi connectivity index (χ4v) is 1.12. The number of hydrogen-bond acceptors (Lipinski definition) is 2. The van der Waals surface area contributed by atoms with Gasteiger partial charge in [0.25, 0.3) is 0 Å². The number of hydrogen-bond donors (Lipinski definition) is 0. The molecule has 0 saturated carbocycles. The summed E-state index contributed by atoms with van der Waals surface area (Å²) >= 11 is 0. The molecule has 2 heteroatoms. The normalized spacial score (nSPS) is 11.4. The lowest BCUT2D eigenvalue weighted by Crippen LogP contribution is -2.18. The van der Waals surface area contributed by atoms with Crippen molar-refractivity contribution in [3.63, 3.8) is 0 Å². The maximum Gasteiger partial charge on any atom is 0.124 e. The van der Waals surface area contributed by atoms with Crippen molar-refractivity contribution in [2.45, 2.75) is 33.0 Å². The zero-order chi connectivity index (χ0) is 10.6. The van der Waals surface area contributed by atoms with Gasteiger partial charge in [-0.1, -0.05) is 18.2 Å². The molecular formula is C12H18O2. The molecule has 0 atom stereocenters. The number of methoxy groups -OCH3 is 1. The molecule has 78 valence electrons. The molecule has 0 aliphatic rings. The second kappa shape index (κ2) is 4.47. The summed E-state index contributed by atoms with van der Waals surface area (Å²) in [7, 11) is 1.68. The van der Waals surface area contributed by atoms with Crippen LogP contribution in [0.25, 0.3) is 0 Å². The van der Waals surface area contributed by atoms with Gasteiger partial charge < -0.3 is 9.47 Å². The molecule has 0 fully saturated rings. The van der Waals surface area contributed by atoms with E-state index < -0.39 is 0 Å². The van der Waals surface area contributed by atoms with Crippen molar-refractivity contribution < 1.29 is 9.47 Å². The third-order valence-electron chi connectivity index (χ3n) is 1.85. The average Bonchev–Trinajstić information content (AvgIpc) is 2.14. The van der Waals surface area contributed by atoms with Gasteiger partial charge >= 0.3 is 0 Å². The lowest BCUT2D eigenvalue weighted by Gasteiger charge is -2.20. The van der Waals surface area contributed by atoms with E-state index in [4.69, 9.17) is 9.47 Å². The maximum atomic E-state index is 5.68. The van der Waals surface area contributed by atoms with Crippen molar-refractivity contribution in [1.29, 1.82) is 0 Å². The molecule has 0 aliphatic carbocycles. The Labute approximate surface area is 85.8 Å². The lowest BCUT2D eigenvalue weighted by molar-refractivity contribution is -0.0156. The fraction of sp³-hybridized carbons (Fsp3) is 0.500. The van der Waals surface area contributed by atoms with Crippen LogP contribution < -0.4 is 4.74 Å². The Kier molecular flexibility index (Phi) is 3.53. The standard InChI is InChI=1S/C12H18O2/c1-12(2,3)14-9-10-7-5-6-8-11(10)13-4/h5-8H,9H2,1-4H3. The Morgan fingerprint density at radius 1 is 1.14 bits per heavy atom. The number of rotatable bonds is 3. The number of benzene rings is 1. The molecule has 0 bridgehead atoms. The van der Waals surface area contributed by atoms with Crippen molar-refractivity contribution in [1.82, 2.24) is 0 Å². The van der Waals surface area contributed by atoms with E-state index in [1.165, 1.54) is 0 Å². The van der Waals surface area contributed by atoms with Crippen LogP contribution in [0, 0.1) is 0 Å². The number of ether oxygens (including phenoxy) is 2. The summed E-state index contributed by atoms with van der Waals surface area (Å²) in [4.78, 5) is 0. The molecule has 0 spiro atoms. The minimum atomic E-state index is -0.110. The topological polar surface area (TPSA) is 18.5 Å². The second-order valence-corrected chi connectivity index (χ2v) is 4.21. The highest BCUT2D eigenvalue weighted by Gasteiger charge is 2.11. The lowest BCUT2D eigenvalue weighted by atomic mass is 10.1. The van der Waals surface area contributed by atoms with Crippen LogP contribution in [-0.2, 0) is 11.3 Å². The van der Waals surface area contributed by atoms with Gasteiger partial charge in [0.2, 0.25) is 0 Å². The molecule has 0 radical (unpaired) electrons. The molecule has 0 aromatic heterocycles. The molecule has 0 aliphatic heterocycles. The SMILES string of the molecule is COc1ccccc1COC(C)(C)C. The van der Waals surface area contributed by atoms with Crippen LogP contribution in [0.1, 0.15) is 26.3 Å². The fourth-order valence-electron chi connectivity index (χ4n) is 1.12. The molecule has 1 aromatic carbocycles. The second-order valence-electron chi connectivity index (χ2n) is 4.21. The first-order valence-electron chi connectivity index (χ1n) is 4.79. The summed E-state index contributed by atoms with van der Waals surface area (Å²) in [5, 5.41) is 0. The Balaban J connectivity index is 2.67. The van der Waals surface area contributed by atoms with Crippen LogP contribution in [0.2, 0.25) is 0 Å². The van der Waals surface area contributed by atoms with E-state index in [9.17, 15) is 0 Å². The van der Waals surface area contributed by atoms with Gasteiger partial charge in [0.05, 0.1) is 19.3 Å². The van der Waals surface area contributed by atoms with Crippen LogP contribution in [0.3, 0.4) is 0 Å². The monoisotopic (exact) mass is 194 g/mol. The predicted molar refractivity (Wildman–Crippen MR) is 57.5 cm³/mol. The Morgan fingerprint density at radius 3 is 2.36 bits per heavy atom. The van der Waals surface area contributed by atoms with Crippen LogP contribution in [0.15, 0.2) is 24.3 Å². The van der Waals surface area contributed by atoms with Gasteiger partial charge in [0.1, 0.15) is 5.75 Å². The molecular weight excluding hydrogens is 176 g/mol. The van der Waals surface area contributed by atoms with Gasteiger partial charge in [-0.05, 0) is 26.8 Å². The number of para-hydroxylation sites is 1. The molecule has 1 aromatic rings. The van der Waals surface area contributed by atoms with E-state index in [-0.39, 0.29) is 5.60 Å². The van der Waals surface area contributed by atoms with E-state index in [1.807, 2.05) is 45.0 Å². The highest BCUT2D eigenvalue weighted by atomic mass is 16.5. The summed E-state index contributed by atoms with van der Waals surface area (Å²) in [5.41, 5.74) is 0.978. The molecule has 14 heavy (non-hydrogen) atoms. The minimum Gasteiger partial charge on any atom is -0.496 e. The van der Waals surface area contributed by atoms with Gasteiger partial charge in [-0.3, -0.25) is 0 Å². The van der Waals surface area contributed by atoms with Crippen LogP contribution in [0.5, 0.6) is 5.75 Å². The van der Waals surface area contributed by atoms with Crippen LogP contribution in [0.4, 0.5) is 0 Å². The first-order chi connectivity index (χ1) is 6.53. The summed E-state index contributed by atoms with van der Waals surface area (Å²) < 4.78 is 10.9. The molecule has 0 amide bonds. The zero-order valence-corrected chi connectivity index (χ0v) is 9.33. The summed E-state index contributed by atoms with van der Waals surface area (Å²) in [5.74, 6) is 0.886. The maximum absolute atomic E-state index is 5.68. The van der Waals surface area contributed by atoms with E-state index >= 15 is 0 Å². The van der Waals surface area contributed by atoms with E-state index in [0.29, 0.717) is 6.61 Å². The van der Waals surface area contributed by atoms with Crippen molar-refractivity contribution in [2.24, 2.45) is 0 Å². The van der Waals surface area contributed by atoms with Gasteiger partial charge in [0, 0.05) is 5.56 Å². The highest BCUT2D eigenvalue weighted by Crippen LogP contribution is 2.20. The molecule has 0 N–H and O–H groups in total. The summed E-state index contributed by atoms with van der Waals surface area (Å²) in [6.07, 6.45) is 0. The third kappa shape index (κ3) is 3.38. The van der Waals surface area contributed by atoms with E-state index in [2.05, 4.69) is 0 Å². The molecule has 0 heterocycles. The van der Waals surface area contributed by atoms with Gasteiger partial charge in [-0.25, -0.2) is 0 Å². The highest BCUT2D eigenvalue weighted by molar-refractivity contribution is 5.32. The average molecular weight is 194 g/mol. The molecule has 2 nitrogen and oxygen atoms in total. The summed E-state index contributed by atoms with van der Waals surface area (Å²) in [6, 6.07) is 7.91. The zero-order valence-electron chi connectivity index (χ0n) is 9.33. The Morgan fingerprint density at radius 2 is 1.79 bits per heavy atom. The van der Waals surface area contributed by atoms with Gasteiger partial charge in [0.15, 0.2) is 0 Å². The van der Waals surface area contributed by atoms with Crippen LogP contribution in [-0.4, -0.2) is 12.7 Å². The van der Waals surface area contributed by atoms with Crippen molar-refractivity contribution in [3.8, 4) is 5.75 Å². The van der Waals surface area contributed by atoms with E-state index in [1.54, 1.807) is 7.11 Å². The van der Waals surface area contributed by atoms with E-state index in [0.717, 1.165) is 11.3 Å². The Bertz CT molecular complexity index is 287. The van der Waals surface area contributed by atoms with Gasteiger partial charge in [-0.15, -0.1) is 0 Å². The molecule has 1 rings (SSSR count). The summed E-state index contributed by atoms with van der Waals surface area (Å²) in [6.45, 7) is 6.72. The quantitative estimate of drug-likeness (QED) is 0.736. The largest absolute Gasteiger partial charge is 0.496 e.